The summed E-state index contributed by atoms with van der Waals surface area (Å²) in [6, 6.07) is 12.0. The number of carbonyl (C=O) groups is 1. The van der Waals surface area contributed by atoms with Gasteiger partial charge in [0.1, 0.15) is 5.75 Å². The maximum atomic E-state index is 12.1. The third-order valence-electron chi connectivity index (χ3n) is 2.48. The van der Waals surface area contributed by atoms with Gasteiger partial charge in [-0.15, -0.1) is 11.3 Å². The molecule has 0 spiro atoms. The number of rotatable bonds is 4. The van der Waals surface area contributed by atoms with Gasteiger partial charge in [0.2, 0.25) is 5.78 Å². The van der Waals surface area contributed by atoms with Crippen LogP contribution in [0.2, 0.25) is 4.34 Å². The van der Waals surface area contributed by atoms with E-state index in [4.69, 9.17) is 21.6 Å². The van der Waals surface area contributed by atoms with Crippen molar-refractivity contribution in [2.45, 2.75) is 13.0 Å². The van der Waals surface area contributed by atoms with Crippen molar-refractivity contribution in [1.29, 1.82) is 5.26 Å². The molecule has 0 aliphatic heterocycles. The molecule has 0 radical (unpaired) electrons. The minimum absolute atomic E-state index is 0.110. The van der Waals surface area contributed by atoms with E-state index in [2.05, 4.69) is 0 Å². The number of hydrogen-bond acceptors (Lipinski definition) is 4. The number of ketones is 1. The van der Waals surface area contributed by atoms with Crippen molar-refractivity contribution in [2.24, 2.45) is 0 Å². The predicted molar refractivity (Wildman–Crippen MR) is 74.9 cm³/mol. The van der Waals surface area contributed by atoms with Gasteiger partial charge in [0.05, 0.1) is 20.8 Å². The van der Waals surface area contributed by atoms with Gasteiger partial charge >= 0.3 is 0 Å². The summed E-state index contributed by atoms with van der Waals surface area (Å²) in [5.74, 6) is 0.448. The molecule has 0 saturated carbocycles. The number of halogens is 1. The Morgan fingerprint density at radius 2 is 2.00 bits per heavy atom. The van der Waals surface area contributed by atoms with Gasteiger partial charge in [0, 0.05) is 0 Å². The maximum absolute atomic E-state index is 12.1. The highest BCUT2D eigenvalue weighted by Gasteiger charge is 2.18. The first-order valence-corrected chi connectivity index (χ1v) is 6.76. The normalized spacial score (nSPS) is 11.6. The molecule has 3 nitrogen and oxygen atoms in total. The van der Waals surface area contributed by atoms with Crippen molar-refractivity contribution in [3.05, 3.63) is 51.2 Å². The molecule has 19 heavy (non-hydrogen) atoms. The van der Waals surface area contributed by atoms with Gasteiger partial charge in [-0.05, 0) is 43.3 Å². The zero-order valence-electron chi connectivity index (χ0n) is 10.1. The second-order valence-electron chi connectivity index (χ2n) is 3.86. The fraction of sp³-hybridized carbons (Fsp3) is 0.143. The van der Waals surface area contributed by atoms with Crippen LogP contribution in [0.4, 0.5) is 0 Å². The molecule has 1 atom stereocenters. The van der Waals surface area contributed by atoms with E-state index in [0.29, 0.717) is 20.5 Å². The van der Waals surface area contributed by atoms with Gasteiger partial charge in [-0.3, -0.25) is 4.79 Å². The lowest BCUT2D eigenvalue weighted by atomic mass is 10.2. The van der Waals surface area contributed by atoms with Gasteiger partial charge in [-0.1, -0.05) is 11.6 Å². The van der Waals surface area contributed by atoms with Crippen LogP contribution in [-0.4, -0.2) is 11.9 Å². The summed E-state index contributed by atoms with van der Waals surface area (Å²) in [4.78, 5) is 12.6. The minimum Gasteiger partial charge on any atom is -0.483 e. The Balaban J connectivity index is 2.06. The molecule has 96 valence electrons. The molecule has 0 aliphatic rings. The maximum Gasteiger partial charge on any atom is 0.212 e. The molecular weight excluding hydrogens is 282 g/mol. The molecule has 1 aromatic heterocycles. The van der Waals surface area contributed by atoms with Crippen LogP contribution in [0.3, 0.4) is 0 Å². The Morgan fingerprint density at radius 1 is 1.32 bits per heavy atom. The summed E-state index contributed by atoms with van der Waals surface area (Å²) < 4.78 is 6.12. The van der Waals surface area contributed by atoms with Crippen LogP contribution in [-0.2, 0) is 0 Å². The number of nitriles is 1. The summed E-state index contributed by atoms with van der Waals surface area (Å²) in [5.41, 5.74) is 0.552. The van der Waals surface area contributed by atoms with E-state index in [1.807, 2.05) is 6.07 Å². The quantitative estimate of drug-likeness (QED) is 0.802. The average molecular weight is 292 g/mol. The Kier molecular flexibility index (Phi) is 4.20. The molecule has 2 aromatic rings. The van der Waals surface area contributed by atoms with E-state index in [0.717, 1.165) is 0 Å². The van der Waals surface area contributed by atoms with E-state index in [1.54, 1.807) is 43.3 Å². The van der Waals surface area contributed by atoms with E-state index < -0.39 is 6.10 Å². The number of benzene rings is 1. The number of carbonyl (C=O) groups excluding carboxylic acids is 1. The molecule has 0 bridgehead atoms. The highest BCUT2D eigenvalue weighted by molar-refractivity contribution is 7.18. The van der Waals surface area contributed by atoms with Gasteiger partial charge in [-0.25, -0.2) is 0 Å². The number of nitrogens with zero attached hydrogens (tertiary/aromatic N) is 1. The number of Topliss-reactive ketones (excluding diaryl/α,β-unsaturated/α-hetero) is 1. The Hall–Kier alpha value is -1.83. The lowest BCUT2D eigenvalue weighted by Crippen LogP contribution is -2.23. The summed E-state index contributed by atoms with van der Waals surface area (Å²) in [7, 11) is 0. The zero-order valence-corrected chi connectivity index (χ0v) is 11.7. The molecule has 0 saturated heterocycles. The summed E-state index contributed by atoms with van der Waals surface area (Å²) in [5, 5.41) is 8.69. The molecule has 1 aromatic carbocycles. The third kappa shape index (κ3) is 3.34. The van der Waals surface area contributed by atoms with Gasteiger partial charge in [0.25, 0.3) is 0 Å². The van der Waals surface area contributed by atoms with Crippen LogP contribution in [0.15, 0.2) is 36.4 Å². The summed E-state index contributed by atoms with van der Waals surface area (Å²) in [6.45, 7) is 1.69. The largest absolute Gasteiger partial charge is 0.483 e. The second kappa shape index (κ2) is 5.87. The lowest BCUT2D eigenvalue weighted by Gasteiger charge is -2.12. The molecule has 0 fully saturated rings. The van der Waals surface area contributed by atoms with Crippen molar-refractivity contribution < 1.29 is 9.53 Å². The Bertz CT molecular complexity index is 628. The van der Waals surface area contributed by atoms with E-state index in [9.17, 15) is 4.79 Å². The molecule has 1 unspecified atom stereocenters. The lowest BCUT2D eigenvalue weighted by molar-refractivity contribution is 0.0822. The van der Waals surface area contributed by atoms with Crippen LogP contribution >= 0.6 is 22.9 Å². The van der Waals surface area contributed by atoms with Crippen LogP contribution in [0, 0.1) is 11.3 Å². The average Bonchev–Trinajstić information content (AvgIpc) is 2.85. The van der Waals surface area contributed by atoms with Crippen molar-refractivity contribution >= 4 is 28.7 Å². The minimum atomic E-state index is -0.595. The first-order valence-electron chi connectivity index (χ1n) is 5.56. The van der Waals surface area contributed by atoms with E-state index in [-0.39, 0.29) is 5.78 Å². The fourth-order valence-electron chi connectivity index (χ4n) is 1.51. The second-order valence-corrected chi connectivity index (χ2v) is 5.58. The predicted octanol–water partition coefficient (Wildman–Crippen LogP) is 3.92. The molecule has 5 heteroatoms. The number of hydrogen-bond donors (Lipinski definition) is 0. The fourth-order valence-corrected chi connectivity index (χ4v) is 2.57. The van der Waals surface area contributed by atoms with Crippen molar-refractivity contribution in [1.82, 2.24) is 0 Å². The van der Waals surface area contributed by atoms with E-state index >= 15 is 0 Å². The van der Waals surface area contributed by atoms with Crippen LogP contribution < -0.4 is 4.74 Å². The van der Waals surface area contributed by atoms with Crippen LogP contribution in [0.5, 0.6) is 5.75 Å². The van der Waals surface area contributed by atoms with Gasteiger partial charge in [-0.2, -0.15) is 5.26 Å². The summed E-state index contributed by atoms with van der Waals surface area (Å²) >= 11 is 7.03. The zero-order chi connectivity index (χ0) is 13.8. The van der Waals surface area contributed by atoms with Crippen molar-refractivity contribution in [2.75, 3.05) is 0 Å². The summed E-state index contributed by atoms with van der Waals surface area (Å²) in [6.07, 6.45) is -0.595. The van der Waals surface area contributed by atoms with Crippen molar-refractivity contribution in [3.63, 3.8) is 0 Å². The topological polar surface area (TPSA) is 50.1 Å². The van der Waals surface area contributed by atoms with E-state index in [1.165, 1.54) is 11.3 Å². The standard InChI is InChI=1S/C14H10ClNO2S/c1-9(14(17)12-6-7-13(15)19-12)18-11-4-2-10(8-16)3-5-11/h2-7,9H,1H3. The number of thiophene rings is 1. The highest BCUT2D eigenvalue weighted by Crippen LogP contribution is 2.24. The van der Waals surface area contributed by atoms with Gasteiger partial charge < -0.3 is 4.74 Å². The van der Waals surface area contributed by atoms with Crippen LogP contribution in [0.1, 0.15) is 22.2 Å². The molecule has 0 amide bonds. The molecule has 0 aliphatic carbocycles. The molecule has 1 heterocycles. The molecule has 2 rings (SSSR count). The third-order valence-corrected chi connectivity index (χ3v) is 3.73. The Morgan fingerprint density at radius 3 is 2.53 bits per heavy atom. The monoisotopic (exact) mass is 291 g/mol. The first-order chi connectivity index (χ1) is 9.10. The van der Waals surface area contributed by atoms with Crippen molar-refractivity contribution in [3.8, 4) is 11.8 Å². The van der Waals surface area contributed by atoms with Crippen LogP contribution in [0.25, 0.3) is 0 Å². The van der Waals surface area contributed by atoms with Gasteiger partial charge in [0.15, 0.2) is 6.10 Å². The molecular formula is C14H10ClNO2S. The number of ether oxygens (including phenoxy) is 1. The SMILES string of the molecule is CC(Oc1ccc(C#N)cc1)C(=O)c1ccc(Cl)s1. The smallest absolute Gasteiger partial charge is 0.212 e. The molecule has 0 N–H and O–H groups in total. The Labute approximate surface area is 120 Å². The first kappa shape index (κ1) is 13.6. The highest BCUT2D eigenvalue weighted by atomic mass is 35.5.